The third kappa shape index (κ3) is 3.33. The summed E-state index contributed by atoms with van der Waals surface area (Å²) < 4.78 is 2.23. The second-order valence-corrected chi connectivity index (χ2v) is 7.60. The van der Waals surface area contributed by atoms with Gasteiger partial charge in [0.15, 0.2) is 11.5 Å². The lowest BCUT2D eigenvalue weighted by molar-refractivity contribution is -0.304. The summed E-state index contributed by atoms with van der Waals surface area (Å²) in [5.74, 6) is -0.914. The SMILES string of the molecule is CC[C@@H](Sc1nc(-c2ccccc2C)nc2c1c(=O)n(C)c(=O)n2C)C(=O)[O-]. The van der Waals surface area contributed by atoms with Crippen LogP contribution in [0.3, 0.4) is 0 Å². The molecule has 9 heteroatoms. The molecule has 2 aromatic heterocycles. The number of carbonyl (C=O) groups is 1. The van der Waals surface area contributed by atoms with Gasteiger partial charge in [-0.15, -0.1) is 0 Å². The van der Waals surface area contributed by atoms with Crippen molar-refractivity contribution in [1.29, 1.82) is 0 Å². The number of nitrogens with zero attached hydrogens (tertiary/aromatic N) is 4. The van der Waals surface area contributed by atoms with Crippen LogP contribution in [0.15, 0.2) is 38.9 Å². The van der Waals surface area contributed by atoms with Crippen LogP contribution < -0.4 is 16.4 Å². The molecule has 0 saturated heterocycles. The Morgan fingerprint density at radius 2 is 1.86 bits per heavy atom. The maximum absolute atomic E-state index is 12.8. The van der Waals surface area contributed by atoms with Crippen molar-refractivity contribution >= 4 is 28.8 Å². The third-order valence-electron chi connectivity index (χ3n) is 4.54. The lowest BCUT2D eigenvalue weighted by atomic mass is 10.1. The van der Waals surface area contributed by atoms with Gasteiger partial charge in [0.1, 0.15) is 10.4 Å². The first-order chi connectivity index (χ1) is 13.3. The molecule has 1 aromatic carbocycles. The van der Waals surface area contributed by atoms with Gasteiger partial charge in [-0.2, -0.15) is 0 Å². The molecule has 0 radical (unpaired) electrons. The molecule has 2 heterocycles. The molecule has 28 heavy (non-hydrogen) atoms. The van der Waals surface area contributed by atoms with Gasteiger partial charge in [-0.05, 0) is 18.9 Å². The molecule has 0 fully saturated rings. The molecule has 1 atom stereocenters. The second kappa shape index (κ2) is 7.59. The number of thioether (sulfide) groups is 1. The molecule has 3 rings (SSSR count). The first kappa shape index (κ1) is 19.8. The van der Waals surface area contributed by atoms with Gasteiger partial charge in [0, 0.05) is 19.7 Å². The number of rotatable bonds is 5. The molecule has 0 aliphatic heterocycles. The van der Waals surface area contributed by atoms with Gasteiger partial charge in [0.2, 0.25) is 0 Å². The van der Waals surface area contributed by atoms with Crippen molar-refractivity contribution in [1.82, 2.24) is 19.1 Å². The fourth-order valence-corrected chi connectivity index (χ4v) is 3.86. The number of aliphatic carboxylic acids is 1. The van der Waals surface area contributed by atoms with Crippen LogP contribution in [0, 0.1) is 6.92 Å². The number of carboxylic acids is 1. The third-order valence-corrected chi connectivity index (χ3v) is 5.87. The van der Waals surface area contributed by atoms with Crippen molar-refractivity contribution in [2.45, 2.75) is 30.5 Å². The van der Waals surface area contributed by atoms with E-state index < -0.39 is 22.5 Å². The van der Waals surface area contributed by atoms with Crippen LogP contribution in [0.2, 0.25) is 0 Å². The van der Waals surface area contributed by atoms with Crippen LogP contribution in [0.25, 0.3) is 22.4 Å². The van der Waals surface area contributed by atoms with Gasteiger partial charge in [-0.3, -0.25) is 13.9 Å². The number of fused-ring (bicyclic) bond motifs is 1. The Kier molecular flexibility index (Phi) is 5.37. The molecular weight excluding hydrogens is 380 g/mol. The van der Waals surface area contributed by atoms with Crippen LogP contribution in [0.4, 0.5) is 0 Å². The lowest BCUT2D eigenvalue weighted by Crippen LogP contribution is -2.38. The smallest absolute Gasteiger partial charge is 0.332 e. The zero-order chi connectivity index (χ0) is 20.6. The molecular formula is C19H19N4O4S-. The number of aromatic nitrogens is 4. The predicted molar refractivity (Wildman–Crippen MR) is 105 cm³/mol. The molecule has 0 aliphatic carbocycles. The maximum Gasteiger partial charge on any atom is 0.332 e. The summed E-state index contributed by atoms with van der Waals surface area (Å²) in [6, 6.07) is 7.45. The van der Waals surface area contributed by atoms with E-state index in [1.165, 1.54) is 18.7 Å². The predicted octanol–water partition coefficient (Wildman–Crippen LogP) is 0.623. The van der Waals surface area contributed by atoms with Crippen molar-refractivity contribution in [3.63, 3.8) is 0 Å². The number of hydrogen-bond acceptors (Lipinski definition) is 7. The van der Waals surface area contributed by atoms with Crippen molar-refractivity contribution in [2.75, 3.05) is 0 Å². The molecule has 0 amide bonds. The fourth-order valence-electron chi connectivity index (χ4n) is 2.89. The molecule has 0 bridgehead atoms. The Morgan fingerprint density at radius 1 is 1.18 bits per heavy atom. The van der Waals surface area contributed by atoms with E-state index in [0.717, 1.165) is 27.5 Å². The standard InChI is InChI=1S/C19H20N4O4S/c1-5-12(18(25)26)28-16-13-15(22(3)19(27)23(4)17(13)24)20-14(21-16)11-9-7-6-8-10(11)2/h6-9,12H,5H2,1-4H3,(H,25,26)/p-1/t12-/m1/s1. The zero-order valence-corrected chi connectivity index (χ0v) is 16.7. The number of carbonyl (C=O) groups excluding carboxylic acids is 1. The summed E-state index contributed by atoms with van der Waals surface area (Å²) in [5, 5.41) is 10.9. The molecule has 0 saturated carbocycles. The highest BCUT2D eigenvalue weighted by atomic mass is 32.2. The van der Waals surface area contributed by atoms with Gasteiger partial charge < -0.3 is 9.90 Å². The summed E-state index contributed by atoms with van der Waals surface area (Å²) in [4.78, 5) is 45.6. The summed E-state index contributed by atoms with van der Waals surface area (Å²) in [6.45, 7) is 3.61. The maximum atomic E-state index is 12.8. The normalized spacial score (nSPS) is 12.3. The molecule has 0 aliphatic rings. The molecule has 0 spiro atoms. The lowest BCUT2D eigenvalue weighted by Gasteiger charge is -2.17. The van der Waals surface area contributed by atoms with E-state index in [2.05, 4.69) is 9.97 Å². The quantitative estimate of drug-likeness (QED) is 0.457. The molecule has 0 unspecified atom stereocenters. The van der Waals surface area contributed by atoms with Crippen LogP contribution in [-0.2, 0) is 18.9 Å². The van der Waals surface area contributed by atoms with E-state index in [0.29, 0.717) is 12.2 Å². The highest BCUT2D eigenvalue weighted by Crippen LogP contribution is 2.30. The number of aryl methyl sites for hydroxylation is 2. The van der Waals surface area contributed by atoms with Crippen LogP contribution >= 0.6 is 11.8 Å². The highest BCUT2D eigenvalue weighted by molar-refractivity contribution is 8.00. The Labute approximate surface area is 164 Å². The van der Waals surface area contributed by atoms with E-state index in [-0.39, 0.29) is 16.1 Å². The monoisotopic (exact) mass is 399 g/mol. The first-order valence-corrected chi connectivity index (χ1v) is 9.55. The largest absolute Gasteiger partial charge is 0.549 e. The van der Waals surface area contributed by atoms with E-state index in [1.54, 1.807) is 6.92 Å². The van der Waals surface area contributed by atoms with Crippen molar-refractivity contribution in [3.05, 3.63) is 50.7 Å². The van der Waals surface area contributed by atoms with Gasteiger partial charge in [-0.25, -0.2) is 14.8 Å². The van der Waals surface area contributed by atoms with Crippen LogP contribution in [-0.4, -0.2) is 30.3 Å². The average molecular weight is 399 g/mol. The fraction of sp³-hybridized carbons (Fsp3) is 0.316. The minimum atomic E-state index is -1.24. The van der Waals surface area contributed by atoms with E-state index >= 15 is 0 Å². The second-order valence-electron chi connectivity index (χ2n) is 6.41. The van der Waals surface area contributed by atoms with Gasteiger partial charge in [-0.1, -0.05) is 43.0 Å². The average Bonchev–Trinajstić information content (AvgIpc) is 2.68. The summed E-state index contributed by atoms with van der Waals surface area (Å²) in [5.41, 5.74) is 0.733. The van der Waals surface area contributed by atoms with Gasteiger partial charge >= 0.3 is 5.69 Å². The Balaban J connectivity index is 2.41. The van der Waals surface area contributed by atoms with Crippen molar-refractivity contribution in [3.8, 4) is 11.4 Å². The molecule has 0 N–H and O–H groups in total. The summed E-state index contributed by atoms with van der Waals surface area (Å²) in [6.07, 6.45) is 0.296. The van der Waals surface area contributed by atoms with E-state index in [1.807, 2.05) is 31.2 Å². The summed E-state index contributed by atoms with van der Waals surface area (Å²) in [7, 11) is 2.88. The molecule has 3 aromatic rings. The van der Waals surface area contributed by atoms with E-state index in [4.69, 9.17) is 0 Å². The zero-order valence-electron chi connectivity index (χ0n) is 15.9. The van der Waals surface area contributed by atoms with E-state index in [9.17, 15) is 19.5 Å². The number of hydrogen-bond donors (Lipinski definition) is 0. The minimum Gasteiger partial charge on any atom is -0.549 e. The van der Waals surface area contributed by atoms with Gasteiger partial charge in [0.05, 0.1) is 11.2 Å². The molecule has 146 valence electrons. The Hall–Kier alpha value is -2.94. The summed E-state index contributed by atoms with van der Waals surface area (Å²) >= 11 is 0.937. The minimum absolute atomic E-state index is 0.117. The highest BCUT2D eigenvalue weighted by Gasteiger charge is 2.21. The first-order valence-electron chi connectivity index (χ1n) is 8.67. The Morgan fingerprint density at radius 3 is 2.46 bits per heavy atom. The van der Waals surface area contributed by atoms with Crippen molar-refractivity contribution in [2.24, 2.45) is 14.1 Å². The van der Waals surface area contributed by atoms with Crippen molar-refractivity contribution < 1.29 is 9.90 Å². The van der Waals surface area contributed by atoms with Gasteiger partial charge in [0.25, 0.3) is 5.56 Å². The Bertz CT molecular complexity index is 1200. The van der Waals surface area contributed by atoms with Crippen LogP contribution in [0.5, 0.6) is 0 Å². The number of carboxylic acid groups (broad SMARTS) is 1. The van der Waals surface area contributed by atoms with Crippen LogP contribution in [0.1, 0.15) is 18.9 Å². The molecule has 8 nitrogen and oxygen atoms in total. The number of benzene rings is 1. The topological polar surface area (TPSA) is 110 Å².